The highest BCUT2D eigenvalue weighted by molar-refractivity contribution is 5.59. The molecule has 5 fully saturated rings. The van der Waals surface area contributed by atoms with E-state index < -0.39 is 37.1 Å². The predicted molar refractivity (Wildman–Crippen MR) is 116 cm³/mol. The van der Waals surface area contributed by atoms with Crippen LogP contribution in [0, 0.1) is 22.7 Å². The number of rotatable bonds is 4. The molecular weight excluding hydrogens is 426 g/mol. The molecule has 0 aromatic heterocycles. The Balaban J connectivity index is 1.18. The summed E-state index contributed by atoms with van der Waals surface area (Å²) < 4.78 is 12.5. The van der Waals surface area contributed by atoms with E-state index in [4.69, 9.17) is 9.47 Å². The van der Waals surface area contributed by atoms with E-state index in [1.165, 1.54) is 11.1 Å². The molecule has 0 aromatic carbocycles. The second-order valence-electron chi connectivity index (χ2n) is 11.7. The van der Waals surface area contributed by atoms with E-state index in [0.717, 1.165) is 44.4 Å². The lowest BCUT2D eigenvalue weighted by Crippen LogP contribution is -2.85. The number of ether oxygens (including phenoxy) is 2. The molecule has 2 spiro atoms. The van der Waals surface area contributed by atoms with Crippen LogP contribution in [0.15, 0.2) is 22.7 Å². The molecule has 11 atom stereocenters. The maximum Gasteiger partial charge on any atom is 0.160 e. The third kappa shape index (κ3) is 2.25. The van der Waals surface area contributed by atoms with Crippen LogP contribution in [0.2, 0.25) is 0 Å². The van der Waals surface area contributed by atoms with Crippen LogP contribution in [0.1, 0.15) is 44.9 Å². The maximum atomic E-state index is 10.8. The lowest BCUT2D eigenvalue weighted by atomic mass is 9.32. The van der Waals surface area contributed by atoms with E-state index >= 15 is 0 Å². The van der Waals surface area contributed by atoms with Gasteiger partial charge in [-0.05, 0) is 57.4 Å². The van der Waals surface area contributed by atoms with Crippen molar-refractivity contribution in [2.75, 3.05) is 20.2 Å². The first-order valence-corrected chi connectivity index (χ1v) is 12.7. The average molecular weight is 462 g/mol. The Morgan fingerprint density at radius 1 is 1.03 bits per heavy atom. The zero-order chi connectivity index (χ0) is 22.9. The van der Waals surface area contributed by atoms with E-state index in [1.807, 2.05) is 0 Å². The summed E-state index contributed by atoms with van der Waals surface area (Å²) in [5, 5.41) is 51.1. The number of hydrogen-bond acceptors (Lipinski definition) is 8. The SMILES string of the molecule is CN1CC23CC4=C5C(=C(O)CC4)O[C@H]4C(CCC6OC(CO)C(O)C(O)C6O)CCC(C12)C543. The molecule has 182 valence electrons. The number of fused-ring (bicyclic) bond motifs is 1. The van der Waals surface area contributed by atoms with Gasteiger partial charge in [0.25, 0.3) is 0 Å². The highest BCUT2D eigenvalue weighted by atomic mass is 16.5. The minimum Gasteiger partial charge on any atom is -0.508 e. The van der Waals surface area contributed by atoms with Gasteiger partial charge in [0.2, 0.25) is 0 Å². The fourth-order valence-electron chi connectivity index (χ4n) is 9.60. The van der Waals surface area contributed by atoms with Crippen LogP contribution in [0.3, 0.4) is 0 Å². The van der Waals surface area contributed by atoms with Crippen LogP contribution in [-0.4, -0.2) is 93.3 Å². The van der Waals surface area contributed by atoms with Gasteiger partial charge in [-0.2, -0.15) is 0 Å². The Morgan fingerprint density at radius 2 is 1.82 bits per heavy atom. The third-order valence-electron chi connectivity index (χ3n) is 10.6. The summed E-state index contributed by atoms with van der Waals surface area (Å²) in [4.78, 5) is 2.52. The number of nitrogens with zero attached hydrogens (tertiary/aromatic N) is 1. The van der Waals surface area contributed by atoms with Crippen molar-refractivity contribution in [2.24, 2.45) is 22.7 Å². The van der Waals surface area contributed by atoms with Crippen molar-refractivity contribution in [1.29, 1.82) is 0 Å². The minimum absolute atomic E-state index is 0.0154. The summed E-state index contributed by atoms with van der Waals surface area (Å²) in [5.74, 6) is 2.03. The van der Waals surface area contributed by atoms with Gasteiger partial charge in [0.15, 0.2) is 5.76 Å². The number of piperidine rings is 1. The van der Waals surface area contributed by atoms with Gasteiger partial charge in [0, 0.05) is 35.4 Å². The molecule has 8 heteroatoms. The molecule has 8 nitrogen and oxygen atoms in total. The van der Waals surface area contributed by atoms with Gasteiger partial charge in [0.1, 0.15) is 36.3 Å². The van der Waals surface area contributed by atoms with E-state index in [1.54, 1.807) is 0 Å². The molecule has 33 heavy (non-hydrogen) atoms. The summed E-state index contributed by atoms with van der Waals surface area (Å²) in [6.07, 6.45) is 0.944. The van der Waals surface area contributed by atoms with Crippen molar-refractivity contribution in [2.45, 2.75) is 87.6 Å². The second-order valence-corrected chi connectivity index (χ2v) is 11.7. The molecule has 2 saturated carbocycles. The summed E-state index contributed by atoms with van der Waals surface area (Å²) in [6, 6.07) is 0.613. The molecule has 5 N–H and O–H groups in total. The largest absolute Gasteiger partial charge is 0.508 e. The van der Waals surface area contributed by atoms with Crippen molar-refractivity contribution >= 4 is 0 Å². The smallest absolute Gasteiger partial charge is 0.160 e. The fourth-order valence-corrected chi connectivity index (χ4v) is 9.60. The standard InChI is InChI=1S/C25H35NO7/c1-26-10-24-8-12-3-6-14(28)21-17(12)25(24)13(22(24)26)5-2-11(23(25)33-21)4-7-15-18(29)20(31)19(30)16(9-27)32-15/h11,13,15-16,18-20,22-23,27-31H,2-10H2,1H3/t11?,13?,15?,16?,18?,19?,20?,22?,23-,24?,25?/m0/s1. The Kier molecular flexibility index (Phi) is 4.32. The Hall–Kier alpha value is -1.16. The molecule has 3 heterocycles. The van der Waals surface area contributed by atoms with Crippen LogP contribution in [0.5, 0.6) is 0 Å². The number of allylic oxidation sites excluding steroid dienone is 3. The minimum atomic E-state index is -1.33. The summed E-state index contributed by atoms with van der Waals surface area (Å²) >= 11 is 0. The first-order chi connectivity index (χ1) is 15.8. The van der Waals surface area contributed by atoms with Gasteiger partial charge in [-0.25, -0.2) is 0 Å². The summed E-state index contributed by atoms with van der Waals surface area (Å²) in [5.41, 5.74) is 3.13. The van der Waals surface area contributed by atoms with Crippen molar-refractivity contribution in [3.63, 3.8) is 0 Å². The van der Waals surface area contributed by atoms with Crippen molar-refractivity contribution in [1.82, 2.24) is 4.90 Å². The van der Waals surface area contributed by atoms with Gasteiger partial charge in [-0.3, -0.25) is 0 Å². The number of aliphatic hydroxyl groups excluding tert-OH is 5. The Bertz CT molecular complexity index is 947. The van der Waals surface area contributed by atoms with Crippen molar-refractivity contribution in [3.05, 3.63) is 22.7 Å². The van der Waals surface area contributed by atoms with E-state index in [2.05, 4.69) is 11.9 Å². The molecule has 0 amide bonds. The highest BCUT2D eigenvalue weighted by Crippen LogP contribution is 2.85. The van der Waals surface area contributed by atoms with Gasteiger partial charge >= 0.3 is 0 Å². The molecule has 0 bridgehead atoms. The molecule has 3 aliphatic heterocycles. The lowest BCUT2D eigenvalue weighted by Gasteiger charge is -2.79. The van der Waals surface area contributed by atoms with Crippen LogP contribution < -0.4 is 0 Å². The van der Waals surface area contributed by atoms with Gasteiger partial charge < -0.3 is 39.9 Å². The molecule has 0 aromatic rings. The van der Waals surface area contributed by atoms with Crippen molar-refractivity contribution in [3.8, 4) is 0 Å². The molecule has 7 aliphatic rings. The quantitative estimate of drug-likeness (QED) is 0.413. The molecular formula is C25H35NO7. The van der Waals surface area contributed by atoms with Crippen LogP contribution in [0.25, 0.3) is 0 Å². The fraction of sp³-hybridized carbons (Fsp3) is 0.840. The number of hydrogen-bond donors (Lipinski definition) is 5. The van der Waals surface area contributed by atoms with Crippen molar-refractivity contribution < 1.29 is 35.0 Å². The normalized spacial score (nSPS) is 54.3. The first-order valence-electron chi connectivity index (χ1n) is 12.7. The second kappa shape index (κ2) is 6.74. The van der Waals surface area contributed by atoms with Gasteiger partial charge in [-0.15, -0.1) is 0 Å². The molecule has 7 rings (SSSR count). The average Bonchev–Trinajstić information content (AvgIpc) is 3.29. The van der Waals surface area contributed by atoms with Crippen LogP contribution in [-0.2, 0) is 9.47 Å². The molecule has 0 radical (unpaired) electrons. The summed E-state index contributed by atoms with van der Waals surface area (Å²) in [6.45, 7) is 0.692. The van der Waals surface area contributed by atoms with Crippen LogP contribution >= 0.6 is 0 Å². The van der Waals surface area contributed by atoms with Gasteiger partial charge in [-0.1, -0.05) is 5.57 Å². The first kappa shape index (κ1) is 21.1. The lowest BCUT2D eigenvalue weighted by molar-refractivity contribution is -0.310. The molecule has 3 saturated heterocycles. The Morgan fingerprint density at radius 3 is 2.58 bits per heavy atom. The van der Waals surface area contributed by atoms with E-state index in [0.29, 0.717) is 30.6 Å². The predicted octanol–water partition coefficient (Wildman–Crippen LogP) is 0.598. The summed E-state index contributed by atoms with van der Waals surface area (Å²) in [7, 11) is 2.24. The monoisotopic (exact) mass is 461 g/mol. The highest BCUT2D eigenvalue weighted by Gasteiger charge is 2.87. The molecule has 10 unspecified atom stereocenters. The van der Waals surface area contributed by atoms with Gasteiger partial charge in [0.05, 0.1) is 12.7 Å². The third-order valence-corrected chi connectivity index (χ3v) is 10.6. The number of aliphatic hydroxyl groups is 5. The topological polar surface area (TPSA) is 123 Å². The van der Waals surface area contributed by atoms with E-state index in [9.17, 15) is 25.5 Å². The Labute approximate surface area is 193 Å². The maximum absolute atomic E-state index is 10.8. The van der Waals surface area contributed by atoms with E-state index in [-0.39, 0.29) is 22.9 Å². The molecule has 4 aliphatic carbocycles. The van der Waals surface area contributed by atoms with Crippen LogP contribution in [0.4, 0.5) is 0 Å². The zero-order valence-electron chi connectivity index (χ0n) is 19.1. The zero-order valence-corrected chi connectivity index (χ0v) is 19.1. The number of likely N-dealkylation sites (tertiary alicyclic amines) is 1.